The van der Waals surface area contributed by atoms with Crippen molar-refractivity contribution in [2.45, 2.75) is 31.7 Å². The number of hydrogen-bond donors (Lipinski definition) is 3. The van der Waals surface area contributed by atoms with E-state index in [1.165, 1.54) is 0 Å². The molecule has 0 unspecified atom stereocenters. The summed E-state index contributed by atoms with van der Waals surface area (Å²) in [4.78, 5) is 2.10. The van der Waals surface area contributed by atoms with Gasteiger partial charge in [-0.15, -0.1) is 0 Å². The topological polar surface area (TPSA) is 97.4 Å². The van der Waals surface area contributed by atoms with E-state index in [2.05, 4.69) is 4.90 Å². The predicted molar refractivity (Wildman–Crippen MR) is 158 cm³/mol. The summed E-state index contributed by atoms with van der Waals surface area (Å²) < 4.78 is 17.0. The third-order valence-electron chi connectivity index (χ3n) is 6.69. The zero-order valence-electron chi connectivity index (χ0n) is 22.9. The standard InChI is InChI=1S/C33H38N2O5/c1-38-30-14-12-25(13-15-30)18-28(22-36)35(20-26-8-4-2-5-9-26)21-29(37)24-39-31-16-17-33(32(34)19-31)40-23-27-10-6-3-7-11-27/h2-17,19,28-29,36-37H,18,20-24,34H2,1H3/t28-,29-/m0/s1. The molecule has 0 aliphatic rings. The van der Waals surface area contributed by atoms with Gasteiger partial charge >= 0.3 is 0 Å². The number of nitrogens with zero attached hydrogens (tertiary/aromatic N) is 1. The Labute approximate surface area is 236 Å². The summed E-state index contributed by atoms with van der Waals surface area (Å²) in [6, 6.07) is 32.8. The second-order valence-corrected chi connectivity index (χ2v) is 9.74. The second kappa shape index (κ2) is 14.9. The number of nitrogen functional groups attached to an aromatic ring is 1. The van der Waals surface area contributed by atoms with Crippen LogP contribution in [0.1, 0.15) is 16.7 Å². The van der Waals surface area contributed by atoms with Gasteiger partial charge in [-0.05, 0) is 47.4 Å². The third-order valence-corrected chi connectivity index (χ3v) is 6.69. The number of anilines is 1. The summed E-state index contributed by atoms with van der Waals surface area (Å²) in [6.07, 6.45) is -0.161. The Balaban J connectivity index is 1.37. The highest BCUT2D eigenvalue weighted by Gasteiger charge is 2.22. The lowest BCUT2D eigenvalue weighted by Gasteiger charge is -2.32. The zero-order chi connectivity index (χ0) is 28.2. The number of aliphatic hydroxyl groups is 2. The van der Waals surface area contributed by atoms with Gasteiger partial charge in [-0.25, -0.2) is 0 Å². The van der Waals surface area contributed by atoms with Gasteiger partial charge < -0.3 is 30.2 Å². The molecule has 0 heterocycles. The molecule has 0 saturated carbocycles. The lowest BCUT2D eigenvalue weighted by molar-refractivity contribution is 0.0335. The van der Waals surface area contributed by atoms with E-state index in [1.807, 2.05) is 84.9 Å². The molecule has 4 N–H and O–H groups in total. The normalized spacial score (nSPS) is 12.6. The van der Waals surface area contributed by atoms with E-state index in [-0.39, 0.29) is 19.3 Å². The molecular formula is C33H38N2O5. The lowest BCUT2D eigenvalue weighted by atomic mass is 10.0. The molecule has 7 nitrogen and oxygen atoms in total. The van der Waals surface area contributed by atoms with Crippen LogP contribution in [0, 0.1) is 0 Å². The van der Waals surface area contributed by atoms with Crippen LogP contribution in [-0.4, -0.2) is 54.1 Å². The molecule has 0 bridgehead atoms. The van der Waals surface area contributed by atoms with Gasteiger partial charge in [0, 0.05) is 25.2 Å². The van der Waals surface area contributed by atoms with Crippen molar-refractivity contribution < 1.29 is 24.4 Å². The highest BCUT2D eigenvalue weighted by Crippen LogP contribution is 2.27. The van der Waals surface area contributed by atoms with Crippen LogP contribution >= 0.6 is 0 Å². The molecule has 0 amide bonds. The molecule has 4 aromatic rings. The summed E-state index contributed by atoms with van der Waals surface area (Å²) in [6.45, 7) is 1.36. The van der Waals surface area contributed by atoms with Crippen molar-refractivity contribution in [3.63, 3.8) is 0 Å². The Hall–Kier alpha value is -4.04. The van der Waals surface area contributed by atoms with Crippen LogP contribution in [0.2, 0.25) is 0 Å². The predicted octanol–water partition coefficient (Wildman–Crippen LogP) is 4.70. The van der Waals surface area contributed by atoms with Gasteiger partial charge in [0.15, 0.2) is 0 Å². The van der Waals surface area contributed by atoms with Gasteiger partial charge in [0.1, 0.15) is 36.6 Å². The minimum absolute atomic E-state index is 0.0482. The van der Waals surface area contributed by atoms with Gasteiger partial charge in [0.25, 0.3) is 0 Å². The maximum absolute atomic E-state index is 11.0. The Morgan fingerprint density at radius 1 is 0.775 bits per heavy atom. The van der Waals surface area contributed by atoms with E-state index in [9.17, 15) is 10.2 Å². The maximum Gasteiger partial charge on any atom is 0.142 e. The van der Waals surface area contributed by atoms with E-state index in [1.54, 1.807) is 25.3 Å². The Morgan fingerprint density at radius 3 is 2.05 bits per heavy atom. The largest absolute Gasteiger partial charge is 0.497 e. The SMILES string of the molecule is COc1ccc(C[C@@H](CO)N(Cc2ccccc2)C[C@H](O)COc2ccc(OCc3ccccc3)c(N)c2)cc1. The summed E-state index contributed by atoms with van der Waals surface area (Å²) in [7, 11) is 1.64. The van der Waals surface area contributed by atoms with Crippen LogP contribution in [0.25, 0.3) is 0 Å². The molecule has 40 heavy (non-hydrogen) atoms. The van der Waals surface area contributed by atoms with E-state index < -0.39 is 6.10 Å². The van der Waals surface area contributed by atoms with Gasteiger partial charge in [0.2, 0.25) is 0 Å². The number of ether oxygens (including phenoxy) is 3. The Kier molecular flexibility index (Phi) is 10.8. The third kappa shape index (κ3) is 8.74. The van der Waals surface area contributed by atoms with Crippen LogP contribution < -0.4 is 19.9 Å². The van der Waals surface area contributed by atoms with E-state index in [0.29, 0.717) is 43.3 Å². The van der Waals surface area contributed by atoms with Crippen LogP contribution in [0.5, 0.6) is 17.2 Å². The summed E-state index contributed by atoms with van der Waals surface area (Å²) in [5.41, 5.74) is 9.89. The fourth-order valence-corrected chi connectivity index (χ4v) is 4.50. The highest BCUT2D eigenvalue weighted by molar-refractivity contribution is 5.56. The fourth-order valence-electron chi connectivity index (χ4n) is 4.50. The lowest BCUT2D eigenvalue weighted by Crippen LogP contribution is -2.44. The average Bonchev–Trinajstić information content (AvgIpc) is 2.99. The van der Waals surface area contributed by atoms with Gasteiger partial charge in [-0.3, -0.25) is 4.90 Å². The molecule has 2 atom stereocenters. The fraction of sp³-hybridized carbons (Fsp3) is 0.273. The number of rotatable bonds is 15. The van der Waals surface area contributed by atoms with Crippen LogP contribution in [0.4, 0.5) is 5.69 Å². The number of nitrogens with two attached hydrogens (primary N) is 1. The summed E-state index contributed by atoms with van der Waals surface area (Å²) >= 11 is 0. The van der Waals surface area contributed by atoms with Crippen molar-refractivity contribution >= 4 is 5.69 Å². The van der Waals surface area contributed by atoms with Crippen molar-refractivity contribution in [2.24, 2.45) is 0 Å². The number of hydrogen-bond acceptors (Lipinski definition) is 7. The van der Waals surface area contributed by atoms with Crippen molar-refractivity contribution in [3.8, 4) is 17.2 Å². The van der Waals surface area contributed by atoms with Crippen molar-refractivity contribution in [2.75, 3.05) is 32.6 Å². The van der Waals surface area contributed by atoms with E-state index in [4.69, 9.17) is 19.9 Å². The first kappa shape index (κ1) is 29.0. The molecule has 7 heteroatoms. The van der Waals surface area contributed by atoms with Crippen LogP contribution in [-0.2, 0) is 19.6 Å². The smallest absolute Gasteiger partial charge is 0.142 e. The molecular weight excluding hydrogens is 504 g/mol. The minimum atomic E-state index is -0.788. The molecule has 0 aromatic heterocycles. The number of benzene rings is 4. The van der Waals surface area contributed by atoms with E-state index in [0.717, 1.165) is 22.4 Å². The second-order valence-electron chi connectivity index (χ2n) is 9.74. The molecule has 0 aliphatic heterocycles. The maximum atomic E-state index is 11.0. The first-order valence-electron chi connectivity index (χ1n) is 13.4. The van der Waals surface area contributed by atoms with Crippen molar-refractivity contribution in [1.29, 1.82) is 0 Å². The monoisotopic (exact) mass is 542 g/mol. The minimum Gasteiger partial charge on any atom is -0.497 e. The van der Waals surface area contributed by atoms with Crippen LogP contribution in [0.3, 0.4) is 0 Å². The van der Waals surface area contributed by atoms with Crippen LogP contribution in [0.15, 0.2) is 103 Å². The molecule has 0 radical (unpaired) electrons. The van der Waals surface area contributed by atoms with Gasteiger partial charge in [-0.1, -0.05) is 72.8 Å². The molecule has 0 saturated heterocycles. The van der Waals surface area contributed by atoms with Crippen molar-refractivity contribution in [1.82, 2.24) is 4.90 Å². The Bertz CT molecular complexity index is 1290. The Morgan fingerprint density at radius 2 is 1.43 bits per heavy atom. The summed E-state index contributed by atoms with van der Waals surface area (Å²) in [5.74, 6) is 1.92. The first-order chi connectivity index (χ1) is 19.5. The summed E-state index contributed by atoms with van der Waals surface area (Å²) in [5, 5.41) is 21.3. The molecule has 4 rings (SSSR count). The first-order valence-corrected chi connectivity index (χ1v) is 13.4. The van der Waals surface area contributed by atoms with Crippen molar-refractivity contribution in [3.05, 3.63) is 120 Å². The molecule has 0 fully saturated rings. The quantitative estimate of drug-likeness (QED) is 0.187. The van der Waals surface area contributed by atoms with E-state index >= 15 is 0 Å². The average molecular weight is 543 g/mol. The number of methoxy groups -OCH3 is 1. The highest BCUT2D eigenvalue weighted by atomic mass is 16.5. The number of aliphatic hydroxyl groups excluding tert-OH is 2. The zero-order valence-corrected chi connectivity index (χ0v) is 22.9. The molecule has 210 valence electrons. The molecule has 0 aliphatic carbocycles. The van der Waals surface area contributed by atoms with Gasteiger partial charge in [0.05, 0.1) is 19.4 Å². The van der Waals surface area contributed by atoms with Gasteiger partial charge in [-0.2, -0.15) is 0 Å². The molecule has 0 spiro atoms. The molecule has 4 aromatic carbocycles.